The first kappa shape index (κ1) is 13.9. The molecule has 0 atom stereocenters. The van der Waals surface area contributed by atoms with Crippen LogP contribution in [-0.4, -0.2) is 25.0 Å². The van der Waals surface area contributed by atoms with Crippen LogP contribution < -0.4 is 10.6 Å². The lowest BCUT2D eigenvalue weighted by Crippen LogP contribution is -2.48. The Morgan fingerprint density at radius 1 is 1.17 bits per heavy atom. The predicted octanol–water partition coefficient (Wildman–Crippen LogP) is 2.32. The molecule has 0 spiro atoms. The molecule has 1 aliphatic carbocycles. The smallest absolute Gasteiger partial charge is 0.226 e. The monoisotopic (exact) mass is 252 g/mol. The number of piperidine rings is 1. The lowest BCUT2D eigenvalue weighted by atomic mass is 9.76. The number of carbonyl (C=O) groups is 1. The van der Waals surface area contributed by atoms with Crippen LogP contribution in [0.3, 0.4) is 0 Å². The van der Waals surface area contributed by atoms with E-state index < -0.39 is 0 Å². The molecule has 1 heterocycles. The van der Waals surface area contributed by atoms with E-state index in [0.29, 0.717) is 6.04 Å². The molecule has 18 heavy (non-hydrogen) atoms. The van der Waals surface area contributed by atoms with Gasteiger partial charge < -0.3 is 10.6 Å². The van der Waals surface area contributed by atoms with Gasteiger partial charge in [-0.3, -0.25) is 4.79 Å². The van der Waals surface area contributed by atoms with Gasteiger partial charge in [0.05, 0.1) is 5.41 Å². The highest BCUT2D eigenvalue weighted by molar-refractivity contribution is 5.83. The van der Waals surface area contributed by atoms with E-state index in [4.69, 9.17) is 0 Å². The van der Waals surface area contributed by atoms with Crippen LogP contribution in [0.15, 0.2) is 0 Å². The maximum atomic E-state index is 12.6. The summed E-state index contributed by atoms with van der Waals surface area (Å²) in [6, 6.07) is 0.329. The molecule has 2 aliphatic rings. The molecule has 0 aromatic heterocycles. The van der Waals surface area contributed by atoms with E-state index >= 15 is 0 Å². The number of hydrogen-bond donors (Lipinski definition) is 2. The molecule has 0 aromatic rings. The first-order chi connectivity index (χ1) is 8.28. The van der Waals surface area contributed by atoms with E-state index in [2.05, 4.69) is 45.3 Å². The van der Waals surface area contributed by atoms with E-state index in [9.17, 15) is 4.79 Å². The Morgan fingerprint density at radius 3 is 2.06 bits per heavy atom. The van der Waals surface area contributed by atoms with Crippen LogP contribution in [0.2, 0.25) is 0 Å². The molecule has 3 heteroatoms. The molecule has 2 rings (SSSR count). The molecule has 104 valence electrons. The van der Waals surface area contributed by atoms with E-state index in [1.165, 1.54) is 0 Å². The fourth-order valence-corrected chi connectivity index (χ4v) is 3.49. The second-order valence-electron chi connectivity index (χ2n) is 7.23. The van der Waals surface area contributed by atoms with Crippen molar-refractivity contribution in [3.05, 3.63) is 0 Å². The second kappa shape index (κ2) is 4.22. The summed E-state index contributed by atoms with van der Waals surface area (Å²) < 4.78 is 0. The molecule has 1 saturated carbocycles. The molecule has 0 radical (unpaired) electrons. The standard InChI is InChI=1S/C15H28N2O/c1-6-15(7-9-16-10-8-15)12(18)17-11-13(2,3)14(11,4)5/h11,16H,6-10H2,1-5H3,(H,17,18). The number of nitrogens with one attached hydrogen (secondary N) is 2. The maximum absolute atomic E-state index is 12.6. The van der Waals surface area contributed by atoms with Crippen LogP contribution in [0.4, 0.5) is 0 Å². The Morgan fingerprint density at radius 2 is 1.67 bits per heavy atom. The second-order valence-corrected chi connectivity index (χ2v) is 7.23. The van der Waals surface area contributed by atoms with Crippen molar-refractivity contribution in [1.82, 2.24) is 10.6 Å². The Kier molecular flexibility index (Phi) is 3.25. The fourth-order valence-electron chi connectivity index (χ4n) is 3.49. The van der Waals surface area contributed by atoms with Crippen molar-refractivity contribution in [2.75, 3.05) is 13.1 Å². The van der Waals surface area contributed by atoms with Gasteiger partial charge in [-0.1, -0.05) is 34.6 Å². The van der Waals surface area contributed by atoms with Gasteiger partial charge in [0.2, 0.25) is 5.91 Å². The summed E-state index contributed by atoms with van der Waals surface area (Å²) in [6.45, 7) is 13.1. The molecule has 2 fully saturated rings. The average Bonchev–Trinajstić information content (AvgIpc) is 2.72. The molecule has 0 bridgehead atoms. The average molecular weight is 252 g/mol. The van der Waals surface area contributed by atoms with Gasteiger partial charge in [-0.25, -0.2) is 0 Å². The van der Waals surface area contributed by atoms with Crippen molar-refractivity contribution < 1.29 is 4.79 Å². The minimum atomic E-state index is -0.125. The molecule has 0 aromatic carbocycles. The Labute approximate surface area is 111 Å². The number of amides is 1. The van der Waals surface area contributed by atoms with E-state index in [1.807, 2.05) is 0 Å². The Bertz CT molecular complexity index is 326. The molecular formula is C15H28N2O. The highest BCUT2D eigenvalue weighted by atomic mass is 16.2. The summed E-state index contributed by atoms with van der Waals surface area (Å²) in [6.07, 6.45) is 2.90. The molecule has 1 aliphatic heterocycles. The largest absolute Gasteiger partial charge is 0.352 e. The number of carbonyl (C=O) groups excluding carboxylic acids is 1. The fraction of sp³-hybridized carbons (Fsp3) is 0.933. The first-order valence-corrected chi connectivity index (χ1v) is 7.30. The van der Waals surface area contributed by atoms with Gasteiger partial charge in [0.15, 0.2) is 0 Å². The summed E-state index contributed by atoms with van der Waals surface area (Å²) in [5.41, 5.74) is 0.328. The third-order valence-electron chi connectivity index (χ3n) is 6.02. The van der Waals surface area contributed by atoms with Crippen molar-refractivity contribution >= 4 is 5.91 Å². The quantitative estimate of drug-likeness (QED) is 0.809. The lowest BCUT2D eigenvalue weighted by Gasteiger charge is -2.35. The Balaban J connectivity index is 2.04. The van der Waals surface area contributed by atoms with Crippen molar-refractivity contribution in [3.8, 4) is 0 Å². The third-order valence-corrected chi connectivity index (χ3v) is 6.02. The summed E-state index contributed by atoms with van der Waals surface area (Å²) >= 11 is 0. The molecule has 0 unspecified atom stereocenters. The maximum Gasteiger partial charge on any atom is 0.226 e. The highest BCUT2D eigenvalue weighted by Crippen LogP contribution is 2.62. The van der Waals surface area contributed by atoms with Crippen LogP contribution in [0, 0.1) is 16.2 Å². The van der Waals surface area contributed by atoms with E-state index in [0.717, 1.165) is 32.4 Å². The summed E-state index contributed by atoms with van der Waals surface area (Å²) in [5, 5.41) is 6.68. The Hall–Kier alpha value is -0.570. The van der Waals surface area contributed by atoms with Crippen molar-refractivity contribution in [1.29, 1.82) is 0 Å². The summed E-state index contributed by atoms with van der Waals surface area (Å²) in [4.78, 5) is 12.6. The minimum absolute atomic E-state index is 0.125. The topological polar surface area (TPSA) is 41.1 Å². The van der Waals surface area contributed by atoms with Crippen LogP contribution in [0.25, 0.3) is 0 Å². The van der Waals surface area contributed by atoms with Crippen LogP contribution in [0.5, 0.6) is 0 Å². The van der Waals surface area contributed by atoms with Crippen LogP contribution in [-0.2, 0) is 4.79 Å². The lowest BCUT2D eigenvalue weighted by molar-refractivity contribution is -0.133. The molecule has 1 saturated heterocycles. The van der Waals surface area contributed by atoms with Gasteiger partial charge in [0.1, 0.15) is 0 Å². The highest BCUT2D eigenvalue weighted by Gasteiger charge is 2.66. The van der Waals surface area contributed by atoms with Crippen LogP contribution in [0.1, 0.15) is 53.9 Å². The minimum Gasteiger partial charge on any atom is -0.352 e. The van der Waals surface area contributed by atoms with Crippen molar-refractivity contribution in [2.45, 2.75) is 59.9 Å². The van der Waals surface area contributed by atoms with Gasteiger partial charge in [0, 0.05) is 6.04 Å². The van der Waals surface area contributed by atoms with Crippen molar-refractivity contribution in [2.24, 2.45) is 16.2 Å². The third kappa shape index (κ3) is 1.87. The van der Waals surface area contributed by atoms with Gasteiger partial charge in [-0.05, 0) is 43.2 Å². The molecule has 1 amide bonds. The normalized spacial score (nSPS) is 28.7. The molecular weight excluding hydrogens is 224 g/mol. The van der Waals surface area contributed by atoms with E-state index in [-0.39, 0.29) is 22.2 Å². The van der Waals surface area contributed by atoms with Gasteiger partial charge in [-0.15, -0.1) is 0 Å². The predicted molar refractivity (Wildman–Crippen MR) is 74.3 cm³/mol. The summed E-state index contributed by atoms with van der Waals surface area (Å²) in [7, 11) is 0. The van der Waals surface area contributed by atoms with Gasteiger partial charge in [0.25, 0.3) is 0 Å². The number of rotatable bonds is 3. The zero-order valence-electron chi connectivity index (χ0n) is 12.5. The van der Waals surface area contributed by atoms with Gasteiger partial charge in [-0.2, -0.15) is 0 Å². The van der Waals surface area contributed by atoms with E-state index in [1.54, 1.807) is 0 Å². The number of hydrogen-bond acceptors (Lipinski definition) is 2. The zero-order valence-corrected chi connectivity index (χ0v) is 12.5. The SMILES string of the molecule is CCC1(C(=O)NC2C(C)(C)C2(C)C)CCNCC1. The van der Waals surface area contributed by atoms with Crippen molar-refractivity contribution in [3.63, 3.8) is 0 Å². The first-order valence-electron chi connectivity index (χ1n) is 7.30. The molecule has 2 N–H and O–H groups in total. The zero-order chi connectivity index (χ0) is 13.6. The van der Waals surface area contributed by atoms with Crippen LogP contribution >= 0.6 is 0 Å². The van der Waals surface area contributed by atoms with Gasteiger partial charge >= 0.3 is 0 Å². The summed E-state index contributed by atoms with van der Waals surface area (Å²) in [5.74, 6) is 0.287. The molecule has 3 nitrogen and oxygen atoms in total.